The minimum absolute atomic E-state index is 0.0138. The first kappa shape index (κ1) is 21.5. The fourth-order valence-electron chi connectivity index (χ4n) is 2.57. The molecule has 0 aliphatic carbocycles. The van der Waals surface area contributed by atoms with Crippen LogP contribution in [-0.4, -0.2) is 30.6 Å². The third-order valence-electron chi connectivity index (χ3n) is 3.83. The van der Waals surface area contributed by atoms with Crippen LogP contribution in [-0.2, 0) is 19.1 Å². The van der Waals surface area contributed by atoms with Crippen molar-refractivity contribution in [2.24, 2.45) is 4.99 Å². The first-order valence-corrected chi connectivity index (χ1v) is 9.01. The van der Waals surface area contributed by atoms with E-state index in [4.69, 9.17) is 4.74 Å². The topological polar surface area (TPSA) is 58.5 Å². The van der Waals surface area contributed by atoms with Gasteiger partial charge in [-0.05, 0) is 43.7 Å². The Morgan fingerprint density at radius 2 is 1.96 bits per heavy atom. The van der Waals surface area contributed by atoms with Crippen LogP contribution in [0.25, 0.3) is 0 Å². The van der Waals surface area contributed by atoms with Gasteiger partial charge >= 0.3 is 6.18 Å². The van der Waals surface area contributed by atoms with Gasteiger partial charge in [-0.2, -0.15) is 13.2 Å². The highest BCUT2D eigenvalue weighted by Crippen LogP contribution is 2.34. The van der Waals surface area contributed by atoms with Crippen molar-refractivity contribution in [2.45, 2.75) is 39.1 Å². The number of guanidine groups is 1. The van der Waals surface area contributed by atoms with Crippen LogP contribution in [0, 0.1) is 0 Å². The molecule has 28 heavy (non-hydrogen) atoms. The van der Waals surface area contributed by atoms with Gasteiger partial charge in [0, 0.05) is 38.4 Å². The summed E-state index contributed by atoms with van der Waals surface area (Å²) in [5.74, 6) is 0.621. The lowest BCUT2D eigenvalue weighted by Crippen LogP contribution is -2.38. The van der Waals surface area contributed by atoms with Gasteiger partial charge in [-0.15, -0.1) is 0 Å². The number of halogens is 3. The average molecular weight is 394 g/mol. The second kappa shape index (κ2) is 9.96. The summed E-state index contributed by atoms with van der Waals surface area (Å²) in [4.78, 5) is 8.28. The zero-order chi connectivity index (χ0) is 20.6. The molecule has 0 spiro atoms. The Morgan fingerprint density at radius 1 is 1.18 bits per heavy atom. The molecule has 0 fully saturated rings. The Morgan fingerprint density at radius 3 is 2.57 bits per heavy atom. The molecule has 2 rings (SSSR count). The monoisotopic (exact) mass is 394 g/mol. The molecule has 8 heteroatoms. The molecule has 0 saturated heterocycles. The van der Waals surface area contributed by atoms with Crippen molar-refractivity contribution in [3.8, 4) is 5.75 Å². The number of hydrogen-bond acceptors (Lipinski definition) is 3. The number of alkyl halides is 3. The van der Waals surface area contributed by atoms with Crippen LogP contribution in [0.2, 0.25) is 0 Å². The predicted molar refractivity (Wildman–Crippen MR) is 103 cm³/mol. The Bertz CT molecular complexity index is 777. The van der Waals surface area contributed by atoms with Crippen molar-refractivity contribution >= 4 is 5.96 Å². The molecule has 1 aromatic carbocycles. The quantitative estimate of drug-likeness (QED) is 0.554. The van der Waals surface area contributed by atoms with E-state index in [-0.39, 0.29) is 24.0 Å². The van der Waals surface area contributed by atoms with Gasteiger partial charge < -0.3 is 15.4 Å². The minimum Gasteiger partial charge on any atom is -0.491 e. The number of aliphatic imine (C=N–C) groups is 1. The van der Waals surface area contributed by atoms with Gasteiger partial charge in [0.2, 0.25) is 0 Å². The van der Waals surface area contributed by atoms with E-state index < -0.39 is 11.7 Å². The largest absolute Gasteiger partial charge is 0.491 e. The Kier molecular flexibility index (Phi) is 7.66. The number of benzene rings is 1. The molecular weight excluding hydrogens is 369 g/mol. The van der Waals surface area contributed by atoms with Crippen LogP contribution in [0.15, 0.2) is 47.6 Å². The summed E-state index contributed by atoms with van der Waals surface area (Å²) in [7, 11) is 1.57. The first-order chi connectivity index (χ1) is 13.3. The van der Waals surface area contributed by atoms with E-state index in [9.17, 15) is 13.2 Å². The molecule has 0 atom stereocenters. The van der Waals surface area contributed by atoms with E-state index in [0.29, 0.717) is 18.9 Å². The average Bonchev–Trinajstić information content (AvgIpc) is 2.64. The standard InChI is InChI=1S/C20H25F3N4O/c1-14(2)28-17-8-7-15(18(12-17)20(21,22)23)13-27-19(24-3)26-11-9-16-6-4-5-10-25-16/h4-8,10,12,14H,9,11,13H2,1-3H3,(H2,24,26,27). The third kappa shape index (κ3) is 6.75. The Labute approximate surface area is 163 Å². The van der Waals surface area contributed by atoms with Crippen LogP contribution in [0.4, 0.5) is 13.2 Å². The molecule has 0 amide bonds. The maximum absolute atomic E-state index is 13.4. The van der Waals surface area contributed by atoms with Crippen molar-refractivity contribution in [1.29, 1.82) is 0 Å². The van der Waals surface area contributed by atoms with Crippen LogP contribution in [0.3, 0.4) is 0 Å². The third-order valence-corrected chi connectivity index (χ3v) is 3.83. The fraction of sp³-hybridized carbons (Fsp3) is 0.400. The summed E-state index contributed by atoms with van der Waals surface area (Å²) in [5.41, 5.74) is 0.323. The molecule has 2 aromatic rings. The van der Waals surface area contributed by atoms with Crippen LogP contribution >= 0.6 is 0 Å². The van der Waals surface area contributed by atoms with E-state index in [1.54, 1.807) is 33.2 Å². The Hall–Kier alpha value is -2.77. The molecular formula is C20H25F3N4O. The zero-order valence-electron chi connectivity index (χ0n) is 16.2. The summed E-state index contributed by atoms with van der Waals surface area (Å²) in [6.07, 6.45) is -2.28. The summed E-state index contributed by atoms with van der Waals surface area (Å²) in [5, 5.41) is 6.00. The number of nitrogens with zero attached hydrogens (tertiary/aromatic N) is 2. The molecule has 0 aliphatic rings. The summed E-state index contributed by atoms with van der Waals surface area (Å²) >= 11 is 0. The summed E-state index contributed by atoms with van der Waals surface area (Å²) in [6.45, 7) is 4.08. The van der Waals surface area contributed by atoms with E-state index in [1.807, 2.05) is 18.2 Å². The number of hydrogen-bond donors (Lipinski definition) is 2. The van der Waals surface area contributed by atoms with Crippen LogP contribution < -0.4 is 15.4 Å². The number of nitrogens with one attached hydrogen (secondary N) is 2. The lowest BCUT2D eigenvalue weighted by molar-refractivity contribution is -0.138. The SMILES string of the molecule is CN=C(NCCc1ccccn1)NCc1ccc(OC(C)C)cc1C(F)(F)F. The number of aromatic nitrogens is 1. The molecule has 0 radical (unpaired) electrons. The van der Waals surface area contributed by atoms with Gasteiger partial charge in [-0.3, -0.25) is 9.98 Å². The van der Waals surface area contributed by atoms with Crippen molar-refractivity contribution in [3.63, 3.8) is 0 Å². The van der Waals surface area contributed by atoms with Gasteiger partial charge in [-0.1, -0.05) is 12.1 Å². The molecule has 5 nitrogen and oxygen atoms in total. The van der Waals surface area contributed by atoms with Crippen molar-refractivity contribution in [1.82, 2.24) is 15.6 Å². The number of pyridine rings is 1. The molecule has 0 unspecified atom stereocenters. The van der Waals surface area contributed by atoms with Gasteiger partial charge in [-0.25, -0.2) is 0 Å². The molecule has 1 heterocycles. The zero-order valence-corrected chi connectivity index (χ0v) is 16.2. The number of rotatable bonds is 7. The molecule has 0 aliphatic heterocycles. The van der Waals surface area contributed by atoms with Crippen LogP contribution in [0.5, 0.6) is 5.75 Å². The van der Waals surface area contributed by atoms with E-state index >= 15 is 0 Å². The lowest BCUT2D eigenvalue weighted by Gasteiger charge is -2.18. The lowest BCUT2D eigenvalue weighted by atomic mass is 10.1. The highest BCUT2D eigenvalue weighted by molar-refractivity contribution is 5.79. The van der Waals surface area contributed by atoms with Crippen molar-refractivity contribution in [3.05, 3.63) is 59.4 Å². The maximum Gasteiger partial charge on any atom is 0.416 e. The Balaban J connectivity index is 1.99. The molecule has 0 saturated carbocycles. The van der Waals surface area contributed by atoms with E-state index in [1.165, 1.54) is 6.07 Å². The van der Waals surface area contributed by atoms with Crippen molar-refractivity contribution in [2.75, 3.05) is 13.6 Å². The second-order valence-electron chi connectivity index (χ2n) is 6.41. The molecule has 2 N–H and O–H groups in total. The van der Waals surface area contributed by atoms with E-state index in [0.717, 1.165) is 11.8 Å². The molecule has 152 valence electrons. The van der Waals surface area contributed by atoms with Crippen LogP contribution in [0.1, 0.15) is 30.7 Å². The van der Waals surface area contributed by atoms with Gasteiger partial charge in [0.25, 0.3) is 0 Å². The second-order valence-corrected chi connectivity index (χ2v) is 6.41. The highest BCUT2D eigenvalue weighted by Gasteiger charge is 2.33. The first-order valence-electron chi connectivity index (χ1n) is 9.01. The summed E-state index contributed by atoms with van der Waals surface area (Å²) in [6, 6.07) is 9.66. The van der Waals surface area contributed by atoms with Gasteiger partial charge in [0.1, 0.15) is 5.75 Å². The highest BCUT2D eigenvalue weighted by atomic mass is 19.4. The van der Waals surface area contributed by atoms with Gasteiger partial charge in [0.05, 0.1) is 11.7 Å². The van der Waals surface area contributed by atoms with E-state index in [2.05, 4.69) is 20.6 Å². The normalized spacial score (nSPS) is 12.2. The minimum atomic E-state index is -4.47. The van der Waals surface area contributed by atoms with Gasteiger partial charge in [0.15, 0.2) is 5.96 Å². The molecule has 0 bridgehead atoms. The summed E-state index contributed by atoms with van der Waals surface area (Å²) < 4.78 is 45.7. The maximum atomic E-state index is 13.4. The van der Waals surface area contributed by atoms with Crippen molar-refractivity contribution < 1.29 is 17.9 Å². The number of ether oxygens (including phenoxy) is 1. The fourth-order valence-corrected chi connectivity index (χ4v) is 2.57. The predicted octanol–water partition coefficient (Wildman–Crippen LogP) is 3.80. The smallest absolute Gasteiger partial charge is 0.416 e. The molecule has 1 aromatic heterocycles.